The van der Waals surface area contributed by atoms with Gasteiger partial charge in [-0.3, -0.25) is 0 Å². The topological polar surface area (TPSA) is 26.0 Å². The van der Waals surface area contributed by atoms with E-state index < -0.39 is 0 Å². The Morgan fingerprint density at radius 3 is 2.65 bits per heavy atom. The van der Waals surface area contributed by atoms with Crippen LogP contribution in [0.1, 0.15) is 11.1 Å². The molecule has 0 spiro atoms. The second-order valence-electron chi connectivity index (χ2n) is 4.27. The first-order valence-corrected chi connectivity index (χ1v) is 7.05. The van der Waals surface area contributed by atoms with Crippen LogP contribution < -0.4 is 5.73 Å². The Balaban J connectivity index is 2.00. The van der Waals surface area contributed by atoms with Crippen LogP contribution in [-0.4, -0.2) is 6.54 Å². The molecule has 2 rings (SSSR count). The van der Waals surface area contributed by atoms with Crippen molar-refractivity contribution in [3.05, 3.63) is 57.2 Å². The largest absolute Gasteiger partial charge is 0.330 e. The zero-order valence-electron chi connectivity index (χ0n) is 9.60. The van der Waals surface area contributed by atoms with Gasteiger partial charge in [0.1, 0.15) is 0 Å². The monoisotopic (exact) mass is 265 g/mol. The van der Waals surface area contributed by atoms with Gasteiger partial charge < -0.3 is 5.73 Å². The molecule has 2 aromatic rings. The smallest absolute Gasteiger partial charge is 0.0408 e. The minimum atomic E-state index is 0.489. The lowest BCUT2D eigenvalue weighted by Gasteiger charge is -2.14. The van der Waals surface area contributed by atoms with Crippen molar-refractivity contribution in [3.8, 4) is 0 Å². The molecule has 0 aliphatic carbocycles. The molecule has 1 unspecified atom stereocenters. The SMILES string of the molecule is NCC(Cc1ccsc1)Cc1cccc(Cl)c1. The fourth-order valence-corrected chi connectivity index (χ4v) is 2.87. The Kier molecular flexibility index (Phi) is 4.60. The number of benzene rings is 1. The van der Waals surface area contributed by atoms with E-state index >= 15 is 0 Å². The van der Waals surface area contributed by atoms with Crippen LogP contribution in [0.25, 0.3) is 0 Å². The van der Waals surface area contributed by atoms with Crippen molar-refractivity contribution in [2.75, 3.05) is 6.54 Å². The number of halogens is 1. The molecule has 0 bridgehead atoms. The second-order valence-corrected chi connectivity index (χ2v) is 5.49. The fraction of sp³-hybridized carbons (Fsp3) is 0.286. The van der Waals surface area contributed by atoms with Gasteiger partial charge in [-0.2, -0.15) is 11.3 Å². The first-order valence-electron chi connectivity index (χ1n) is 5.73. The van der Waals surface area contributed by atoms with Gasteiger partial charge in [-0.15, -0.1) is 0 Å². The van der Waals surface area contributed by atoms with E-state index in [0.717, 1.165) is 17.9 Å². The van der Waals surface area contributed by atoms with Crippen LogP contribution in [-0.2, 0) is 12.8 Å². The molecular formula is C14H16ClNS. The normalized spacial score (nSPS) is 12.6. The molecule has 0 amide bonds. The van der Waals surface area contributed by atoms with Gasteiger partial charge in [0.05, 0.1) is 0 Å². The number of thiophene rings is 1. The molecule has 1 nitrogen and oxygen atoms in total. The number of rotatable bonds is 5. The van der Waals surface area contributed by atoms with Gasteiger partial charge in [0, 0.05) is 5.02 Å². The van der Waals surface area contributed by atoms with Crippen molar-refractivity contribution in [1.82, 2.24) is 0 Å². The van der Waals surface area contributed by atoms with E-state index in [9.17, 15) is 0 Å². The van der Waals surface area contributed by atoms with E-state index in [0.29, 0.717) is 12.5 Å². The third kappa shape index (κ3) is 3.84. The molecule has 1 aromatic heterocycles. The summed E-state index contributed by atoms with van der Waals surface area (Å²) in [7, 11) is 0. The highest BCUT2D eigenvalue weighted by Gasteiger charge is 2.09. The van der Waals surface area contributed by atoms with Crippen LogP contribution in [0.2, 0.25) is 5.02 Å². The Hall–Kier alpha value is -0.830. The van der Waals surface area contributed by atoms with Crippen LogP contribution in [0.4, 0.5) is 0 Å². The van der Waals surface area contributed by atoms with Gasteiger partial charge in [-0.1, -0.05) is 23.7 Å². The zero-order valence-corrected chi connectivity index (χ0v) is 11.2. The van der Waals surface area contributed by atoms with Crippen LogP contribution in [0, 0.1) is 5.92 Å². The molecule has 0 radical (unpaired) electrons. The summed E-state index contributed by atoms with van der Waals surface area (Å²) in [5.74, 6) is 0.489. The average molecular weight is 266 g/mol. The van der Waals surface area contributed by atoms with Crippen LogP contribution in [0.5, 0.6) is 0 Å². The molecule has 0 fully saturated rings. The molecule has 1 heterocycles. The van der Waals surface area contributed by atoms with Crippen molar-refractivity contribution in [2.24, 2.45) is 11.7 Å². The maximum absolute atomic E-state index is 5.98. The lowest BCUT2D eigenvalue weighted by molar-refractivity contribution is 0.534. The van der Waals surface area contributed by atoms with E-state index in [1.807, 2.05) is 18.2 Å². The summed E-state index contributed by atoms with van der Waals surface area (Å²) >= 11 is 7.72. The van der Waals surface area contributed by atoms with Crippen molar-refractivity contribution in [3.63, 3.8) is 0 Å². The first-order chi connectivity index (χ1) is 8.28. The molecule has 1 atom stereocenters. The molecule has 17 heavy (non-hydrogen) atoms. The predicted octanol–water partition coefficient (Wildman–Crippen LogP) is 3.76. The third-order valence-corrected chi connectivity index (χ3v) is 3.82. The summed E-state index contributed by atoms with van der Waals surface area (Å²) in [6.45, 7) is 0.711. The maximum Gasteiger partial charge on any atom is 0.0408 e. The van der Waals surface area contributed by atoms with Gasteiger partial charge in [0.15, 0.2) is 0 Å². The maximum atomic E-state index is 5.98. The fourth-order valence-electron chi connectivity index (χ4n) is 1.98. The lowest BCUT2D eigenvalue weighted by atomic mass is 9.94. The highest BCUT2D eigenvalue weighted by atomic mass is 35.5. The average Bonchev–Trinajstić information content (AvgIpc) is 2.81. The van der Waals surface area contributed by atoms with Crippen molar-refractivity contribution >= 4 is 22.9 Å². The van der Waals surface area contributed by atoms with E-state index in [2.05, 4.69) is 22.9 Å². The number of hydrogen-bond donors (Lipinski definition) is 1. The Labute approximate surface area is 111 Å². The molecular weight excluding hydrogens is 250 g/mol. The number of nitrogens with two attached hydrogens (primary N) is 1. The van der Waals surface area contributed by atoms with Crippen LogP contribution in [0.3, 0.4) is 0 Å². The van der Waals surface area contributed by atoms with Crippen LogP contribution >= 0.6 is 22.9 Å². The molecule has 0 saturated carbocycles. The quantitative estimate of drug-likeness (QED) is 0.875. The predicted molar refractivity (Wildman–Crippen MR) is 75.7 cm³/mol. The summed E-state index contributed by atoms with van der Waals surface area (Å²) in [5, 5.41) is 5.11. The molecule has 90 valence electrons. The number of hydrogen-bond acceptors (Lipinski definition) is 2. The van der Waals surface area contributed by atoms with Gasteiger partial charge in [-0.05, 0) is 65.4 Å². The van der Waals surface area contributed by atoms with Crippen LogP contribution in [0.15, 0.2) is 41.1 Å². The molecule has 0 aliphatic heterocycles. The standard InChI is InChI=1S/C14H16ClNS/c15-14-3-1-2-11(8-14)6-13(9-16)7-12-4-5-17-10-12/h1-5,8,10,13H,6-7,9,16H2. The first kappa shape index (κ1) is 12.6. The highest BCUT2D eigenvalue weighted by molar-refractivity contribution is 7.07. The van der Waals surface area contributed by atoms with Crippen molar-refractivity contribution < 1.29 is 0 Å². The minimum Gasteiger partial charge on any atom is -0.330 e. The van der Waals surface area contributed by atoms with Gasteiger partial charge >= 0.3 is 0 Å². The van der Waals surface area contributed by atoms with E-state index in [1.54, 1.807) is 11.3 Å². The molecule has 0 saturated heterocycles. The molecule has 2 N–H and O–H groups in total. The Morgan fingerprint density at radius 2 is 2.00 bits per heavy atom. The van der Waals surface area contributed by atoms with E-state index in [-0.39, 0.29) is 0 Å². The second kappa shape index (κ2) is 6.20. The Morgan fingerprint density at radius 1 is 1.18 bits per heavy atom. The van der Waals surface area contributed by atoms with Crippen molar-refractivity contribution in [1.29, 1.82) is 0 Å². The third-order valence-electron chi connectivity index (χ3n) is 2.85. The van der Waals surface area contributed by atoms with Gasteiger partial charge in [0.25, 0.3) is 0 Å². The lowest BCUT2D eigenvalue weighted by Crippen LogP contribution is -2.19. The summed E-state index contributed by atoms with van der Waals surface area (Å²) in [6, 6.07) is 10.2. The molecule has 0 aliphatic rings. The highest BCUT2D eigenvalue weighted by Crippen LogP contribution is 2.18. The van der Waals surface area contributed by atoms with Gasteiger partial charge in [0.2, 0.25) is 0 Å². The molecule has 3 heteroatoms. The Bertz CT molecular complexity index is 453. The van der Waals surface area contributed by atoms with Crippen molar-refractivity contribution in [2.45, 2.75) is 12.8 Å². The summed E-state index contributed by atoms with van der Waals surface area (Å²) in [5.41, 5.74) is 8.49. The van der Waals surface area contributed by atoms with Gasteiger partial charge in [-0.25, -0.2) is 0 Å². The summed E-state index contributed by atoms with van der Waals surface area (Å²) < 4.78 is 0. The minimum absolute atomic E-state index is 0.489. The summed E-state index contributed by atoms with van der Waals surface area (Å²) in [6.07, 6.45) is 2.04. The summed E-state index contributed by atoms with van der Waals surface area (Å²) in [4.78, 5) is 0. The molecule has 1 aromatic carbocycles. The van der Waals surface area contributed by atoms with E-state index in [4.69, 9.17) is 17.3 Å². The van der Waals surface area contributed by atoms with E-state index in [1.165, 1.54) is 11.1 Å². The zero-order chi connectivity index (χ0) is 12.1.